The third-order valence-electron chi connectivity index (χ3n) is 3.25. The van der Waals surface area contributed by atoms with E-state index >= 15 is 0 Å². The minimum absolute atomic E-state index is 0.160. The fourth-order valence-corrected chi connectivity index (χ4v) is 3.78. The van der Waals surface area contributed by atoms with Crippen molar-refractivity contribution in [2.75, 3.05) is 0 Å². The monoisotopic (exact) mass is 452 g/mol. The van der Waals surface area contributed by atoms with Gasteiger partial charge < -0.3 is 4.74 Å². The van der Waals surface area contributed by atoms with Crippen molar-refractivity contribution in [1.29, 1.82) is 0 Å². The lowest BCUT2D eigenvalue weighted by molar-refractivity contribution is 0.104. The number of carbonyl (C=O) groups excluding carboxylic acids is 1. The molecule has 2 nitrogen and oxygen atoms in total. The first-order valence-electron chi connectivity index (χ1n) is 7.22. The number of hydrogen-bond donors (Lipinski definition) is 0. The summed E-state index contributed by atoms with van der Waals surface area (Å²) in [5.74, 6) is 1.03. The normalized spacial score (nSPS) is 11.0. The van der Waals surface area contributed by atoms with Gasteiger partial charge in [0.15, 0.2) is 5.78 Å². The SMILES string of the molecule is O=C(C=Cc1ccc(Br)s1)c1ccc(Oc2ccc(Cl)cc2)cc1Cl. The first-order chi connectivity index (χ1) is 12.0. The Morgan fingerprint density at radius 1 is 1.00 bits per heavy atom. The van der Waals surface area contributed by atoms with Crippen molar-refractivity contribution in [2.24, 2.45) is 0 Å². The Bertz CT molecular complexity index is 933. The van der Waals surface area contributed by atoms with Crippen molar-refractivity contribution >= 4 is 62.3 Å². The molecular weight excluding hydrogens is 443 g/mol. The maximum absolute atomic E-state index is 12.3. The lowest BCUT2D eigenvalue weighted by Crippen LogP contribution is -1.96. The zero-order valence-electron chi connectivity index (χ0n) is 12.7. The van der Waals surface area contributed by atoms with E-state index in [0.29, 0.717) is 27.1 Å². The predicted octanol–water partition coefficient (Wildman–Crippen LogP) is 7.51. The number of ether oxygens (including phenoxy) is 1. The molecular formula is C19H11BrCl2O2S. The number of halogens is 3. The Balaban J connectivity index is 1.73. The molecule has 0 saturated heterocycles. The zero-order valence-corrected chi connectivity index (χ0v) is 16.6. The van der Waals surface area contributed by atoms with Crippen LogP contribution in [0.15, 0.2) is 64.5 Å². The summed E-state index contributed by atoms with van der Waals surface area (Å²) in [6.45, 7) is 0. The van der Waals surface area contributed by atoms with Crippen LogP contribution >= 0.6 is 50.5 Å². The fourth-order valence-electron chi connectivity index (χ4n) is 2.06. The number of carbonyl (C=O) groups is 1. The quantitative estimate of drug-likeness (QED) is 0.295. The first-order valence-corrected chi connectivity index (χ1v) is 9.58. The fraction of sp³-hybridized carbons (Fsp3) is 0. The minimum Gasteiger partial charge on any atom is -0.457 e. The molecule has 0 radical (unpaired) electrons. The van der Waals surface area contributed by atoms with E-state index < -0.39 is 0 Å². The molecule has 1 heterocycles. The van der Waals surface area contributed by atoms with Gasteiger partial charge in [-0.1, -0.05) is 23.2 Å². The van der Waals surface area contributed by atoms with Crippen molar-refractivity contribution in [1.82, 2.24) is 0 Å². The van der Waals surface area contributed by atoms with Gasteiger partial charge in [0.2, 0.25) is 0 Å². The molecule has 0 atom stereocenters. The lowest BCUT2D eigenvalue weighted by Gasteiger charge is -2.07. The maximum atomic E-state index is 12.3. The van der Waals surface area contributed by atoms with Crippen LogP contribution in [0.25, 0.3) is 6.08 Å². The number of ketones is 1. The number of hydrogen-bond acceptors (Lipinski definition) is 3. The molecule has 6 heteroatoms. The lowest BCUT2D eigenvalue weighted by atomic mass is 10.1. The second-order valence-electron chi connectivity index (χ2n) is 5.04. The van der Waals surface area contributed by atoms with Crippen LogP contribution in [-0.2, 0) is 0 Å². The van der Waals surface area contributed by atoms with E-state index in [1.807, 2.05) is 12.1 Å². The number of allylic oxidation sites excluding steroid dienone is 1. The van der Waals surface area contributed by atoms with Gasteiger partial charge in [0.1, 0.15) is 11.5 Å². The Kier molecular flexibility index (Phi) is 5.97. The van der Waals surface area contributed by atoms with Crippen LogP contribution in [0.2, 0.25) is 10.0 Å². The number of rotatable bonds is 5. The first kappa shape index (κ1) is 18.2. The van der Waals surface area contributed by atoms with Crippen molar-refractivity contribution < 1.29 is 9.53 Å². The third kappa shape index (κ3) is 4.95. The number of benzene rings is 2. The van der Waals surface area contributed by atoms with Crippen LogP contribution in [0.1, 0.15) is 15.2 Å². The molecule has 3 aromatic rings. The Morgan fingerprint density at radius 2 is 1.72 bits per heavy atom. The second-order valence-corrected chi connectivity index (χ2v) is 8.38. The van der Waals surface area contributed by atoms with Gasteiger partial charge in [0.25, 0.3) is 0 Å². The highest BCUT2D eigenvalue weighted by atomic mass is 79.9. The highest BCUT2D eigenvalue weighted by Crippen LogP contribution is 2.28. The highest BCUT2D eigenvalue weighted by Gasteiger charge is 2.09. The Morgan fingerprint density at radius 3 is 2.36 bits per heavy atom. The van der Waals surface area contributed by atoms with Gasteiger partial charge in [-0.2, -0.15) is 0 Å². The summed E-state index contributed by atoms with van der Waals surface area (Å²) in [6, 6.07) is 15.9. The summed E-state index contributed by atoms with van der Waals surface area (Å²) in [7, 11) is 0. The smallest absolute Gasteiger partial charge is 0.187 e. The van der Waals surface area contributed by atoms with Crippen LogP contribution in [-0.4, -0.2) is 5.78 Å². The molecule has 0 aliphatic carbocycles. The molecule has 3 rings (SSSR count). The minimum atomic E-state index is -0.160. The summed E-state index contributed by atoms with van der Waals surface area (Å²) >= 11 is 17.0. The number of thiophene rings is 1. The molecule has 0 amide bonds. The van der Waals surface area contributed by atoms with Gasteiger partial charge in [-0.15, -0.1) is 11.3 Å². The molecule has 0 aliphatic heterocycles. The largest absolute Gasteiger partial charge is 0.457 e. The van der Waals surface area contributed by atoms with Gasteiger partial charge in [-0.3, -0.25) is 4.79 Å². The Labute approximate surface area is 167 Å². The van der Waals surface area contributed by atoms with E-state index in [4.69, 9.17) is 27.9 Å². The topological polar surface area (TPSA) is 26.3 Å². The average molecular weight is 454 g/mol. The zero-order chi connectivity index (χ0) is 17.8. The van der Waals surface area contributed by atoms with Crippen molar-refractivity contribution in [2.45, 2.75) is 0 Å². The van der Waals surface area contributed by atoms with Gasteiger partial charge >= 0.3 is 0 Å². The molecule has 2 aromatic carbocycles. The van der Waals surface area contributed by atoms with Gasteiger partial charge in [-0.05, 0) is 76.6 Å². The van der Waals surface area contributed by atoms with Crippen LogP contribution in [0, 0.1) is 0 Å². The molecule has 0 fully saturated rings. The van der Waals surface area contributed by atoms with Crippen molar-refractivity contribution in [3.05, 3.63) is 84.9 Å². The van der Waals surface area contributed by atoms with E-state index in [0.717, 1.165) is 8.66 Å². The van der Waals surface area contributed by atoms with Crippen LogP contribution < -0.4 is 4.74 Å². The van der Waals surface area contributed by atoms with E-state index in [-0.39, 0.29) is 5.78 Å². The Hall–Kier alpha value is -1.59. The predicted molar refractivity (Wildman–Crippen MR) is 108 cm³/mol. The molecule has 0 unspecified atom stereocenters. The molecule has 0 aliphatic rings. The van der Waals surface area contributed by atoms with Crippen molar-refractivity contribution in [3.63, 3.8) is 0 Å². The van der Waals surface area contributed by atoms with E-state index in [9.17, 15) is 4.79 Å². The van der Waals surface area contributed by atoms with Crippen LogP contribution in [0.5, 0.6) is 11.5 Å². The second kappa shape index (κ2) is 8.19. The highest BCUT2D eigenvalue weighted by molar-refractivity contribution is 9.11. The third-order valence-corrected chi connectivity index (χ3v) is 5.40. The van der Waals surface area contributed by atoms with Crippen molar-refractivity contribution in [3.8, 4) is 11.5 Å². The van der Waals surface area contributed by atoms with Gasteiger partial charge in [0.05, 0.1) is 8.81 Å². The van der Waals surface area contributed by atoms with Gasteiger partial charge in [-0.25, -0.2) is 0 Å². The molecule has 0 saturated carbocycles. The summed E-state index contributed by atoms with van der Waals surface area (Å²) in [6.07, 6.45) is 3.28. The molecule has 1 aromatic heterocycles. The maximum Gasteiger partial charge on any atom is 0.187 e. The molecule has 0 bridgehead atoms. The summed E-state index contributed by atoms with van der Waals surface area (Å²) in [5.41, 5.74) is 0.428. The molecule has 0 spiro atoms. The van der Waals surface area contributed by atoms with E-state index in [2.05, 4.69) is 15.9 Å². The molecule has 126 valence electrons. The molecule has 25 heavy (non-hydrogen) atoms. The van der Waals surface area contributed by atoms with Crippen LogP contribution in [0.4, 0.5) is 0 Å². The summed E-state index contributed by atoms with van der Waals surface area (Å²) in [4.78, 5) is 13.3. The average Bonchev–Trinajstić information content (AvgIpc) is 3.00. The molecule has 0 N–H and O–H groups in total. The summed E-state index contributed by atoms with van der Waals surface area (Å²) in [5, 5.41) is 0.976. The van der Waals surface area contributed by atoms with E-state index in [1.54, 1.807) is 59.9 Å². The van der Waals surface area contributed by atoms with Crippen LogP contribution in [0.3, 0.4) is 0 Å². The van der Waals surface area contributed by atoms with E-state index in [1.165, 1.54) is 6.08 Å². The standard InChI is InChI=1S/C19H11BrCl2O2S/c20-19-10-7-15(25-19)6-9-18(23)16-8-5-14(11-17(16)22)24-13-3-1-12(21)2-4-13/h1-11H. The summed E-state index contributed by atoms with van der Waals surface area (Å²) < 4.78 is 6.72. The van der Waals surface area contributed by atoms with Gasteiger partial charge in [0, 0.05) is 21.5 Å².